The lowest BCUT2D eigenvalue weighted by atomic mass is 10.1. The van der Waals surface area contributed by atoms with Gasteiger partial charge in [0.2, 0.25) is 14.2 Å². The van der Waals surface area contributed by atoms with E-state index in [1.807, 2.05) is 19.1 Å². The zero-order valence-corrected chi connectivity index (χ0v) is 17.1. The van der Waals surface area contributed by atoms with Crippen molar-refractivity contribution in [2.75, 3.05) is 11.0 Å². The molecule has 1 aromatic heterocycles. The molecule has 0 saturated carbocycles. The largest absolute Gasteiger partial charge is 0.280 e. The van der Waals surface area contributed by atoms with Crippen LogP contribution in [0.5, 0.6) is 0 Å². The van der Waals surface area contributed by atoms with E-state index in [2.05, 4.69) is 9.71 Å². The van der Waals surface area contributed by atoms with Gasteiger partial charge in [-0.3, -0.25) is 4.72 Å². The van der Waals surface area contributed by atoms with E-state index in [-0.39, 0.29) is 9.24 Å². The monoisotopic (exact) mass is 410 g/mol. The molecule has 26 heavy (non-hydrogen) atoms. The Kier molecular flexibility index (Phi) is 4.58. The number of rotatable bonds is 4. The summed E-state index contributed by atoms with van der Waals surface area (Å²) in [6.45, 7) is 5.44. The van der Waals surface area contributed by atoms with Crippen molar-refractivity contribution in [2.45, 2.75) is 30.0 Å². The van der Waals surface area contributed by atoms with Gasteiger partial charge in [0.25, 0.3) is 10.0 Å². The zero-order valence-electron chi connectivity index (χ0n) is 14.7. The highest BCUT2D eigenvalue weighted by atomic mass is 32.2. The molecule has 0 aliphatic heterocycles. The number of fused-ring (bicyclic) bond motifs is 1. The number of nitrogens with zero attached hydrogens (tertiary/aromatic N) is 1. The highest BCUT2D eigenvalue weighted by Gasteiger charge is 2.21. The SMILES string of the molecule is Cc1cc(C)c(S(=O)(=O)Nc2ccc3nc(S(C)(=O)=O)sc3c2)c(C)c1. The summed E-state index contributed by atoms with van der Waals surface area (Å²) >= 11 is 1.01. The molecule has 1 N–H and O–H groups in total. The molecule has 138 valence electrons. The molecule has 0 radical (unpaired) electrons. The Balaban J connectivity index is 2.03. The molecule has 2 aromatic carbocycles. The van der Waals surface area contributed by atoms with Crippen LogP contribution in [0.25, 0.3) is 10.2 Å². The number of hydrogen-bond donors (Lipinski definition) is 1. The van der Waals surface area contributed by atoms with Gasteiger partial charge in [0.1, 0.15) is 0 Å². The second kappa shape index (κ2) is 6.33. The maximum atomic E-state index is 12.8. The lowest BCUT2D eigenvalue weighted by molar-refractivity contribution is 0.599. The third kappa shape index (κ3) is 3.60. The van der Waals surface area contributed by atoms with Crippen LogP contribution in [0.2, 0.25) is 0 Å². The van der Waals surface area contributed by atoms with Crippen molar-refractivity contribution >= 4 is 47.1 Å². The van der Waals surface area contributed by atoms with Crippen molar-refractivity contribution in [2.24, 2.45) is 0 Å². The van der Waals surface area contributed by atoms with Gasteiger partial charge < -0.3 is 0 Å². The first kappa shape index (κ1) is 18.8. The fraction of sp³-hybridized carbons (Fsp3) is 0.235. The van der Waals surface area contributed by atoms with E-state index in [1.54, 1.807) is 32.0 Å². The van der Waals surface area contributed by atoms with Gasteiger partial charge in [0.05, 0.1) is 20.8 Å². The molecule has 0 aliphatic rings. The maximum absolute atomic E-state index is 12.8. The number of thiazole rings is 1. The highest BCUT2D eigenvalue weighted by molar-refractivity contribution is 7.93. The average molecular weight is 411 g/mol. The Morgan fingerprint density at radius 3 is 2.15 bits per heavy atom. The van der Waals surface area contributed by atoms with Crippen LogP contribution >= 0.6 is 11.3 Å². The number of hydrogen-bond acceptors (Lipinski definition) is 6. The average Bonchev–Trinajstić information content (AvgIpc) is 2.88. The number of sulfonamides is 1. The summed E-state index contributed by atoms with van der Waals surface area (Å²) in [6.07, 6.45) is 1.09. The molecule has 6 nitrogen and oxygen atoms in total. The van der Waals surface area contributed by atoms with Gasteiger partial charge >= 0.3 is 0 Å². The van der Waals surface area contributed by atoms with Crippen LogP contribution in [0.15, 0.2) is 39.6 Å². The summed E-state index contributed by atoms with van der Waals surface area (Å²) in [6, 6.07) is 8.43. The van der Waals surface area contributed by atoms with E-state index in [9.17, 15) is 16.8 Å². The summed E-state index contributed by atoms with van der Waals surface area (Å²) in [5.41, 5.74) is 3.22. The molecule has 1 heterocycles. The lowest BCUT2D eigenvalue weighted by Gasteiger charge is -2.14. The minimum Gasteiger partial charge on any atom is -0.280 e. The second-order valence-electron chi connectivity index (χ2n) is 6.27. The van der Waals surface area contributed by atoms with Gasteiger partial charge in [-0.1, -0.05) is 17.7 Å². The number of aromatic nitrogens is 1. The van der Waals surface area contributed by atoms with Crippen molar-refractivity contribution in [3.05, 3.63) is 47.0 Å². The highest BCUT2D eigenvalue weighted by Crippen LogP contribution is 2.30. The summed E-state index contributed by atoms with van der Waals surface area (Å²) < 4.78 is 52.1. The van der Waals surface area contributed by atoms with Gasteiger partial charge in [-0.25, -0.2) is 21.8 Å². The van der Waals surface area contributed by atoms with E-state index in [1.165, 1.54) is 0 Å². The number of benzene rings is 2. The van der Waals surface area contributed by atoms with Crippen LogP contribution in [0, 0.1) is 20.8 Å². The van der Waals surface area contributed by atoms with Crippen LogP contribution in [0.3, 0.4) is 0 Å². The molecule has 9 heteroatoms. The van der Waals surface area contributed by atoms with Crippen molar-refractivity contribution in [3.8, 4) is 0 Å². The van der Waals surface area contributed by atoms with Gasteiger partial charge in [-0.15, -0.1) is 11.3 Å². The van der Waals surface area contributed by atoms with Crippen molar-refractivity contribution in [3.63, 3.8) is 0 Å². The van der Waals surface area contributed by atoms with Crippen LogP contribution in [-0.4, -0.2) is 28.1 Å². The normalized spacial score (nSPS) is 12.5. The van der Waals surface area contributed by atoms with Gasteiger partial charge in [0, 0.05) is 6.26 Å². The molecule has 3 rings (SSSR count). The first-order chi connectivity index (χ1) is 12.0. The van der Waals surface area contributed by atoms with Crippen LogP contribution < -0.4 is 4.72 Å². The van der Waals surface area contributed by atoms with Crippen molar-refractivity contribution in [1.82, 2.24) is 4.98 Å². The summed E-state index contributed by atoms with van der Waals surface area (Å²) in [5.74, 6) is 0. The van der Waals surface area contributed by atoms with Gasteiger partial charge in [-0.05, 0) is 50.1 Å². The van der Waals surface area contributed by atoms with Crippen molar-refractivity contribution in [1.29, 1.82) is 0 Å². The molecule has 0 fully saturated rings. The minimum absolute atomic E-state index is 0.0118. The lowest BCUT2D eigenvalue weighted by Crippen LogP contribution is -2.15. The predicted molar refractivity (Wildman–Crippen MR) is 104 cm³/mol. The molecule has 0 unspecified atom stereocenters. The number of anilines is 1. The molecular weight excluding hydrogens is 392 g/mol. The van der Waals surface area contributed by atoms with E-state index >= 15 is 0 Å². The molecule has 0 bridgehead atoms. The van der Waals surface area contributed by atoms with Crippen LogP contribution in [-0.2, 0) is 19.9 Å². The van der Waals surface area contributed by atoms with E-state index in [0.717, 1.165) is 23.2 Å². The molecule has 0 atom stereocenters. The molecular formula is C17H18N2O4S3. The Labute approximate surface area is 156 Å². The predicted octanol–water partition coefficient (Wildman–Crippen LogP) is 3.43. The maximum Gasteiger partial charge on any atom is 0.262 e. The van der Waals surface area contributed by atoms with Gasteiger partial charge in [0.15, 0.2) is 0 Å². The van der Waals surface area contributed by atoms with E-state index < -0.39 is 19.9 Å². The molecule has 0 saturated heterocycles. The minimum atomic E-state index is -3.77. The van der Waals surface area contributed by atoms with Crippen LogP contribution in [0.1, 0.15) is 16.7 Å². The molecule has 0 amide bonds. The third-order valence-electron chi connectivity index (χ3n) is 3.81. The first-order valence-electron chi connectivity index (χ1n) is 7.69. The first-order valence-corrected chi connectivity index (χ1v) is 11.9. The molecule has 3 aromatic rings. The topological polar surface area (TPSA) is 93.2 Å². The zero-order chi connectivity index (χ0) is 19.3. The number of aryl methyl sites for hydroxylation is 3. The standard InChI is InChI=1S/C17H18N2O4S3/c1-10-7-11(2)16(12(3)8-10)26(22,23)19-13-5-6-14-15(9-13)24-17(18-14)25(4,20)21/h5-9,19H,1-4H3. The Morgan fingerprint density at radius 1 is 0.962 bits per heavy atom. The third-order valence-corrected chi connectivity index (χ3v) is 8.19. The Hall–Kier alpha value is -1.97. The molecule has 0 aliphatic carbocycles. The second-order valence-corrected chi connectivity index (χ2v) is 11.1. The van der Waals surface area contributed by atoms with Crippen molar-refractivity contribution < 1.29 is 16.8 Å². The number of sulfone groups is 1. The van der Waals surface area contributed by atoms with E-state index in [4.69, 9.17) is 0 Å². The summed E-state index contributed by atoms with van der Waals surface area (Å²) in [4.78, 5) is 4.33. The fourth-order valence-corrected chi connectivity index (χ4v) is 6.30. The van der Waals surface area contributed by atoms with Crippen LogP contribution in [0.4, 0.5) is 5.69 Å². The Morgan fingerprint density at radius 2 is 1.58 bits per heavy atom. The quantitative estimate of drug-likeness (QED) is 0.711. The summed E-state index contributed by atoms with van der Waals surface area (Å²) in [7, 11) is -7.17. The summed E-state index contributed by atoms with van der Waals surface area (Å²) in [5, 5.41) is 0. The van der Waals surface area contributed by atoms with E-state index in [0.29, 0.717) is 27.0 Å². The smallest absolute Gasteiger partial charge is 0.262 e. The molecule has 0 spiro atoms. The Bertz CT molecular complexity index is 1200. The fourth-order valence-electron chi connectivity index (χ4n) is 2.92. The van der Waals surface area contributed by atoms with Gasteiger partial charge in [-0.2, -0.15) is 0 Å². The number of nitrogens with one attached hydrogen (secondary N) is 1.